The Hall–Kier alpha value is -2.67. The van der Waals surface area contributed by atoms with Crippen LogP contribution in [0, 0.1) is 11.8 Å². The van der Waals surface area contributed by atoms with Crippen LogP contribution in [0.5, 0.6) is 0 Å². The van der Waals surface area contributed by atoms with Crippen molar-refractivity contribution in [2.75, 3.05) is 16.8 Å². The fourth-order valence-electron chi connectivity index (χ4n) is 4.33. The van der Waals surface area contributed by atoms with Crippen LogP contribution in [0.4, 0.5) is 11.4 Å². The van der Waals surface area contributed by atoms with Crippen molar-refractivity contribution in [2.24, 2.45) is 11.8 Å². The summed E-state index contributed by atoms with van der Waals surface area (Å²) in [5, 5.41) is 5.87. The highest BCUT2D eigenvalue weighted by atomic mass is 79.9. The number of benzene rings is 2. The largest absolute Gasteiger partial charge is 0.351 e. The molecule has 31 heavy (non-hydrogen) atoms. The van der Waals surface area contributed by atoms with Gasteiger partial charge in [0.2, 0.25) is 17.7 Å². The smallest absolute Gasteiger partial charge is 0.239 e. The van der Waals surface area contributed by atoms with Gasteiger partial charge in [0.25, 0.3) is 0 Å². The van der Waals surface area contributed by atoms with Crippen molar-refractivity contribution in [2.45, 2.75) is 38.6 Å². The summed E-state index contributed by atoms with van der Waals surface area (Å²) in [5.41, 5.74) is 2.41. The van der Waals surface area contributed by atoms with Crippen molar-refractivity contribution in [1.29, 1.82) is 0 Å². The Kier molecular flexibility index (Phi) is 6.70. The maximum atomic E-state index is 12.8. The molecule has 2 aromatic carbocycles. The van der Waals surface area contributed by atoms with E-state index in [9.17, 15) is 14.4 Å². The monoisotopic (exact) mass is 483 g/mol. The summed E-state index contributed by atoms with van der Waals surface area (Å²) < 4.78 is 0.894. The molecule has 0 spiro atoms. The summed E-state index contributed by atoms with van der Waals surface area (Å²) in [4.78, 5) is 39.5. The molecule has 0 bridgehead atoms. The van der Waals surface area contributed by atoms with Crippen molar-refractivity contribution in [1.82, 2.24) is 5.32 Å². The summed E-state index contributed by atoms with van der Waals surface area (Å²) in [6.07, 6.45) is 4.63. The number of nitrogens with one attached hydrogen (secondary N) is 2. The number of carbonyl (C=O) groups is 3. The van der Waals surface area contributed by atoms with Crippen molar-refractivity contribution in [3.8, 4) is 0 Å². The molecule has 1 saturated heterocycles. The normalized spacial score (nSPS) is 18.9. The number of carbonyl (C=O) groups excluding carboxylic acids is 3. The fourth-order valence-corrected chi connectivity index (χ4v) is 4.71. The fraction of sp³-hybridized carbons (Fsp3) is 0.375. The van der Waals surface area contributed by atoms with Gasteiger partial charge in [-0.05, 0) is 55.2 Å². The minimum absolute atomic E-state index is 0.0721. The first kappa shape index (κ1) is 21.6. The highest BCUT2D eigenvalue weighted by molar-refractivity contribution is 9.10. The van der Waals surface area contributed by atoms with Crippen LogP contribution in [0.2, 0.25) is 0 Å². The van der Waals surface area contributed by atoms with E-state index in [2.05, 4.69) is 26.6 Å². The molecule has 1 aliphatic carbocycles. The van der Waals surface area contributed by atoms with Crippen LogP contribution in [-0.2, 0) is 20.9 Å². The molecule has 162 valence electrons. The zero-order valence-electron chi connectivity index (χ0n) is 17.3. The van der Waals surface area contributed by atoms with Crippen LogP contribution in [0.3, 0.4) is 0 Å². The third kappa shape index (κ3) is 5.15. The lowest BCUT2D eigenvalue weighted by atomic mass is 10.1. The van der Waals surface area contributed by atoms with E-state index in [0.717, 1.165) is 47.1 Å². The summed E-state index contributed by atoms with van der Waals surface area (Å²) in [5.74, 6) is -0.937. The van der Waals surface area contributed by atoms with Gasteiger partial charge in [0, 0.05) is 34.9 Å². The van der Waals surface area contributed by atoms with E-state index < -0.39 is 5.92 Å². The van der Waals surface area contributed by atoms with Crippen molar-refractivity contribution in [3.05, 3.63) is 58.6 Å². The van der Waals surface area contributed by atoms with Crippen LogP contribution in [0.25, 0.3) is 0 Å². The number of anilines is 2. The molecule has 4 rings (SSSR count). The molecule has 6 nitrogen and oxygen atoms in total. The molecular formula is C24H26BrN3O3. The average Bonchev–Trinajstić information content (AvgIpc) is 3.42. The molecule has 1 aliphatic heterocycles. The van der Waals surface area contributed by atoms with Crippen molar-refractivity contribution < 1.29 is 14.4 Å². The second-order valence-electron chi connectivity index (χ2n) is 8.20. The molecule has 1 unspecified atom stereocenters. The van der Waals surface area contributed by atoms with E-state index in [1.165, 1.54) is 0 Å². The number of nitrogens with zero attached hydrogens (tertiary/aromatic N) is 1. The van der Waals surface area contributed by atoms with E-state index in [0.29, 0.717) is 19.5 Å². The third-order valence-electron chi connectivity index (χ3n) is 6.03. The lowest BCUT2D eigenvalue weighted by Gasteiger charge is -2.17. The Bertz CT molecular complexity index is 988. The number of hydrogen-bond donors (Lipinski definition) is 2. The Labute approximate surface area is 190 Å². The van der Waals surface area contributed by atoms with Gasteiger partial charge in [0.05, 0.1) is 0 Å². The maximum Gasteiger partial charge on any atom is 0.239 e. The van der Waals surface area contributed by atoms with Crippen molar-refractivity contribution in [3.63, 3.8) is 0 Å². The second-order valence-corrected chi connectivity index (χ2v) is 9.12. The zero-order valence-corrected chi connectivity index (χ0v) is 18.9. The summed E-state index contributed by atoms with van der Waals surface area (Å²) in [6.45, 7) is 0.836. The van der Waals surface area contributed by atoms with Gasteiger partial charge in [0.15, 0.2) is 0 Å². The molecular weight excluding hydrogens is 458 g/mol. The predicted molar refractivity (Wildman–Crippen MR) is 123 cm³/mol. The van der Waals surface area contributed by atoms with Gasteiger partial charge in [-0.1, -0.05) is 47.0 Å². The summed E-state index contributed by atoms with van der Waals surface area (Å²) in [6, 6.07) is 15.0. The molecule has 7 heteroatoms. The van der Waals surface area contributed by atoms with Crippen LogP contribution >= 0.6 is 15.9 Å². The molecule has 2 aromatic rings. The van der Waals surface area contributed by atoms with Crippen LogP contribution in [-0.4, -0.2) is 24.3 Å². The van der Waals surface area contributed by atoms with Gasteiger partial charge in [-0.3, -0.25) is 14.4 Å². The van der Waals surface area contributed by atoms with Crippen LogP contribution < -0.4 is 15.5 Å². The number of amides is 3. The predicted octanol–water partition coefficient (Wildman–Crippen LogP) is 4.25. The minimum Gasteiger partial charge on any atom is -0.351 e. The average molecular weight is 484 g/mol. The highest BCUT2D eigenvalue weighted by Gasteiger charge is 2.37. The molecule has 1 atom stereocenters. The van der Waals surface area contributed by atoms with Gasteiger partial charge in [-0.25, -0.2) is 0 Å². The SMILES string of the molecule is O=C(Nc1cccc(CNC(=O)C2CCN(c3cccc(Br)c3)C2=O)c1)C1CCCC1. The molecule has 3 amide bonds. The van der Waals surface area contributed by atoms with Gasteiger partial charge >= 0.3 is 0 Å². The summed E-state index contributed by atoms with van der Waals surface area (Å²) >= 11 is 3.42. The van der Waals surface area contributed by atoms with Crippen LogP contribution in [0.1, 0.15) is 37.7 Å². The van der Waals surface area contributed by atoms with Gasteiger partial charge in [-0.2, -0.15) is 0 Å². The van der Waals surface area contributed by atoms with Gasteiger partial charge in [0.1, 0.15) is 5.92 Å². The van der Waals surface area contributed by atoms with Crippen LogP contribution in [0.15, 0.2) is 53.0 Å². The molecule has 2 N–H and O–H groups in total. The molecule has 0 radical (unpaired) electrons. The maximum absolute atomic E-state index is 12.8. The lowest BCUT2D eigenvalue weighted by Crippen LogP contribution is -2.36. The van der Waals surface area contributed by atoms with E-state index in [-0.39, 0.29) is 23.6 Å². The first-order chi connectivity index (χ1) is 15.0. The number of halogens is 1. The molecule has 2 aliphatic rings. The standard InChI is InChI=1S/C24H26BrN3O3/c25-18-8-4-10-20(14-18)28-12-11-21(24(28)31)23(30)26-15-16-5-3-9-19(13-16)27-22(29)17-6-1-2-7-17/h3-5,8-10,13-14,17,21H,1-2,6-7,11-12,15H2,(H,26,30)(H,27,29). The Morgan fingerprint density at radius 2 is 1.77 bits per heavy atom. The first-order valence-corrected chi connectivity index (χ1v) is 11.5. The number of hydrogen-bond acceptors (Lipinski definition) is 3. The molecule has 0 aromatic heterocycles. The molecule has 2 fully saturated rings. The van der Waals surface area contributed by atoms with E-state index in [4.69, 9.17) is 0 Å². The molecule has 1 heterocycles. The number of rotatable bonds is 6. The van der Waals surface area contributed by atoms with Gasteiger partial charge < -0.3 is 15.5 Å². The topological polar surface area (TPSA) is 78.5 Å². The molecule has 1 saturated carbocycles. The highest BCUT2D eigenvalue weighted by Crippen LogP contribution is 2.28. The Morgan fingerprint density at radius 1 is 1.00 bits per heavy atom. The van der Waals surface area contributed by atoms with Gasteiger partial charge in [-0.15, -0.1) is 0 Å². The second kappa shape index (κ2) is 9.64. The van der Waals surface area contributed by atoms with E-state index in [1.807, 2.05) is 48.5 Å². The first-order valence-electron chi connectivity index (χ1n) is 10.8. The van der Waals surface area contributed by atoms with E-state index in [1.54, 1.807) is 4.90 Å². The Morgan fingerprint density at radius 3 is 2.55 bits per heavy atom. The minimum atomic E-state index is -0.677. The lowest BCUT2D eigenvalue weighted by molar-refractivity contribution is -0.132. The van der Waals surface area contributed by atoms with Crippen molar-refractivity contribution >= 4 is 45.0 Å². The van der Waals surface area contributed by atoms with E-state index >= 15 is 0 Å². The Balaban J connectivity index is 1.32. The third-order valence-corrected chi connectivity index (χ3v) is 6.52. The quantitative estimate of drug-likeness (QED) is 0.602. The summed E-state index contributed by atoms with van der Waals surface area (Å²) in [7, 11) is 0. The zero-order chi connectivity index (χ0) is 21.8.